The molecule has 108 valence electrons. The highest BCUT2D eigenvalue weighted by Gasteiger charge is 2.15. The van der Waals surface area contributed by atoms with Gasteiger partial charge in [-0.25, -0.2) is 0 Å². The maximum absolute atomic E-state index is 4.47. The lowest BCUT2D eigenvalue weighted by molar-refractivity contribution is 0.731. The molecule has 0 fully saturated rings. The van der Waals surface area contributed by atoms with Crippen molar-refractivity contribution in [3.63, 3.8) is 0 Å². The van der Waals surface area contributed by atoms with Crippen molar-refractivity contribution in [3.05, 3.63) is 45.8 Å². The second-order valence-corrected chi connectivity index (χ2v) is 5.83. The summed E-state index contributed by atoms with van der Waals surface area (Å²) in [7, 11) is 1.99. The number of hydrogen-bond donors (Lipinski definition) is 1. The first-order valence-corrected chi connectivity index (χ1v) is 7.15. The highest BCUT2D eigenvalue weighted by molar-refractivity contribution is 5.54. The Kier molecular flexibility index (Phi) is 3.89. The molecule has 1 heterocycles. The van der Waals surface area contributed by atoms with Crippen LogP contribution in [0.2, 0.25) is 0 Å². The number of nitrogens with zero attached hydrogens (tertiary/aromatic N) is 2. The van der Waals surface area contributed by atoms with E-state index in [0.717, 1.165) is 11.4 Å². The minimum atomic E-state index is 0.274. The fraction of sp³-hybridized carbons (Fsp3) is 0.471. The van der Waals surface area contributed by atoms with Gasteiger partial charge in [0.05, 0.1) is 17.1 Å². The van der Waals surface area contributed by atoms with E-state index in [2.05, 4.69) is 64.1 Å². The second kappa shape index (κ2) is 5.31. The van der Waals surface area contributed by atoms with E-state index in [0.29, 0.717) is 0 Å². The van der Waals surface area contributed by atoms with Crippen molar-refractivity contribution in [3.8, 4) is 0 Å². The predicted molar refractivity (Wildman–Crippen MR) is 85.4 cm³/mol. The quantitative estimate of drug-likeness (QED) is 0.909. The molecule has 0 aliphatic carbocycles. The Balaban J connectivity index is 2.33. The van der Waals surface area contributed by atoms with Crippen LogP contribution in [0.5, 0.6) is 0 Å². The summed E-state index contributed by atoms with van der Waals surface area (Å²) in [5.74, 6) is 0. The van der Waals surface area contributed by atoms with Crippen LogP contribution in [0.15, 0.2) is 12.1 Å². The Morgan fingerprint density at radius 1 is 1.00 bits per heavy atom. The summed E-state index contributed by atoms with van der Waals surface area (Å²) in [6, 6.07) is 4.84. The van der Waals surface area contributed by atoms with Crippen LogP contribution in [-0.4, -0.2) is 9.78 Å². The van der Waals surface area contributed by atoms with Crippen LogP contribution in [0.25, 0.3) is 0 Å². The molecular weight excluding hydrogens is 246 g/mol. The molecular formula is C17H25N3. The first-order valence-electron chi connectivity index (χ1n) is 7.15. The van der Waals surface area contributed by atoms with E-state index in [1.54, 1.807) is 0 Å². The van der Waals surface area contributed by atoms with Gasteiger partial charge >= 0.3 is 0 Å². The fourth-order valence-electron chi connectivity index (χ4n) is 2.73. The zero-order chi connectivity index (χ0) is 15.0. The molecule has 0 saturated carbocycles. The smallest absolute Gasteiger partial charge is 0.0828 e. The third kappa shape index (κ3) is 2.58. The Morgan fingerprint density at radius 3 is 2.15 bits per heavy atom. The standard InChI is InChI=1S/C17H25N3/c1-10-8-12(3)16(9-11(10)2)13(4)18-17-14(5)19-20(7)15(17)6/h8-9,13,18H,1-7H3. The summed E-state index contributed by atoms with van der Waals surface area (Å²) < 4.78 is 1.93. The molecule has 0 amide bonds. The number of nitrogens with one attached hydrogen (secondary N) is 1. The van der Waals surface area contributed by atoms with E-state index < -0.39 is 0 Å². The molecule has 3 nitrogen and oxygen atoms in total. The van der Waals surface area contributed by atoms with Crippen molar-refractivity contribution in [2.75, 3.05) is 5.32 Å². The van der Waals surface area contributed by atoms with Gasteiger partial charge in [-0.15, -0.1) is 0 Å². The molecule has 0 aliphatic heterocycles. The van der Waals surface area contributed by atoms with Gasteiger partial charge in [-0.2, -0.15) is 5.10 Å². The Labute approximate surface area is 122 Å². The Bertz CT molecular complexity index is 638. The summed E-state index contributed by atoms with van der Waals surface area (Å²) in [6.07, 6.45) is 0. The molecule has 0 saturated heterocycles. The number of aromatic nitrogens is 2. The van der Waals surface area contributed by atoms with E-state index in [1.807, 2.05) is 11.7 Å². The molecule has 1 aromatic heterocycles. The lowest BCUT2D eigenvalue weighted by Gasteiger charge is -2.19. The second-order valence-electron chi connectivity index (χ2n) is 5.83. The first-order chi connectivity index (χ1) is 9.31. The van der Waals surface area contributed by atoms with E-state index in [1.165, 1.54) is 27.9 Å². The normalized spacial score (nSPS) is 12.6. The number of rotatable bonds is 3. The molecule has 0 spiro atoms. The molecule has 0 aliphatic rings. The Hall–Kier alpha value is -1.77. The number of benzene rings is 1. The van der Waals surface area contributed by atoms with Crippen molar-refractivity contribution >= 4 is 5.69 Å². The van der Waals surface area contributed by atoms with Crippen LogP contribution in [-0.2, 0) is 7.05 Å². The van der Waals surface area contributed by atoms with Gasteiger partial charge in [0.2, 0.25) is 0 Å². The molecule has 1 aromatic carbocycles. The summed E-state index contributed by atoms with van der Waals surface area (Å²) in [5, 5.41) is 8.09. The van der Waals surface area contributed by atoms with E-state index in [9.17, 15) is 0 Å². The zero-order valence-electron chi connectivity index (χ0n) is 13.6. The van der Waals surface area contributed by atoms with Crippen molar-refractivity contribution in [1.29, 1.82) is 0 Å². The highest BCUT2D eigenvalue weighted by atomic mass is 15.3. The van der Waals surface area contributed by atoms with Crippen LogP contribution in [0.1, 0.15) is 46.6 Å². The summed E-state index contributed by atoms with van der Waals surface area (Å²) in [6.45, 7) is 12.9. The van der Waals surface area contributed by atoms with Crippen LogP contribution in [0.4, 0.5) is 5.69 Å². The van der Waals surface area contributed by atoms with E-state index >= 15 is 0 Å². The molecule has 3 heteroatoms. The minimum Gasteiger partial charge on any atom is -0.376 e. The average molecular weight is 271 g/mol. The highest BCUT2D eigenvalue weighted by Crippen LogP contribution is 2.27. The lowest BCUT2D eigenvalue weighted by Crippen LogP contribution is -2.10. The van der Waals surface area contributed by atoms with Crippen LogP contribution >= 0.6 is 0 Å². The number of anilines is 1. The number of aryl methyl sites for hydroxylation is 5. The van der Waals surface area contributed by atoms with Crippen molar-refractivity contribution in [2.45, 2.75) is 47.6 Å². The average Bonchev–Trinajstić information content (AvgIpc) is 2.60. The van der Waals surface area contributed by atoms with Gasteiger partial charge in [0.15, 0.2) is 0 Å². The third-order valence-electron chi connectivity index (χ3n) is 4.22. The lowest BCUT2D eigenvalue weighted by atomic mass is 9.96. The minimum absolute atomic E-state index is 0.274. The monoisotopic (exact) mass is 271 g/mol. The van der Waals surface area contributed by atoms with Crippen LogP contribution in [0, 0.1) is 34.6 Å². The maximum atomic E-state index is 4.47. The van der Waals surface area contributed by atoms with Crippen molar-refractivity contribution in [1.82, 2.24) is 9.78 Å². The molecule has 1 N–H and O–H groups in total. The van der Waals surface area contributed by atoms with Gasteiger partial charge in [-0.3, -0.25) is 4.68 Å². The van der Waals surface area contributed by atoms with Gasteiger partial charge in [-0.1, -0.05) is 12.1 Å². The molecule has 1 atom stereocenters. The zero-order valence-corrected chi connectivity index (χ0v) is 13.6. The Morgan fingerprint density at radius 2 is 1.60 bits per heavy atom. The SMILES string of the molecule is Cc1cc(C)c(C(C)Nc2c(C)nn(C)c2C)cc1C. The van der Waals surface area contributed by atoms with Crippen molar-refractivity contribution in [2.24, 2.45) is 7.05 Å². The molecule has 1 unspecified atom stereocenters. The molecule has 2 aromatic rings. The van der Waals surface area contributed by atoms with Crippen LogP contribution in [0.3, 0.4) is 0 Å². The number of hydrogen-bond acceptors (Lipinski definition) is 2. The van der Waals surface area contributed by atoms with Crippen molar-refractivity contribution < 1.29 is 0 Å². The van der Waals surface area contributed by atoms with Gasteiger partial charge in [0.25, 0.3) is 0 Å². The first kappa shape index (κ1) is 14.6. The molecule has 0 radical (unpaired) electrons. The summed E-state index contributed by atoms with van der Waals surface area (Å²) in [4.78, 5) is 0. The molecule has 0 bridgehead atoms. The maximum Gasteiger partial charge on any atom is 0.0828 e. The summed E-state index contributed by atoms with van der Waals surface area (Å²) in [5.41, 5.74) is 8.78. The fourth-order valence-corrected chi connectivity index (χ4v) is 2.73. The summed E-state index contributed by atoms with van der Waals surface area (Å²) >= 11 is 0. The predicted octanol–water partition coefficient (Wildman–Crippen LogP) is 4.14. The van der Waals surface area contributed by atoms with E-state index in [4.69, 9.17) is 0 Å². The van der Waals surface area contributed by atoms with E-state index in [-0.39, 0.29) is 6.04 Å². The van der Waals surface area contributed by atoms with Crippen LogP contribution < -0.4 is 5.32 Å². The topological polar surface area (TPSA) is 29.9 Å². The molecule has 20 heavy (non-hydrogen) atoms. The molecule has 2 rings (SSSR count). The third-order valence-corrected chi connectivity index (χ3v) is 4.22. The van der Waals surface area contributed by atoms with Gasteiger partial charge in [0, 0.05) is 13.1 Å². The van der Waals surface area contributed by atoms with Gasteiger partial charge < -0.3 is 5.32 Å². The van der Waals surface area contributed by atoms with Gasteiger partial charge in [-0.05, 0) is 63.8 Å². The van der Waals surface area contributed by atoms with Gasteiger partial charge in [0.1, 0.15) is 0 Å². The largest absolute Gasteiger partial charge is 0.376 e.